The van der Waals surface area contributed by atoms with Crippen molar-refractivity contribution < 1.29 is 0 Å². The second-order valence-corrected chi connectivity index (χ2v) is 5.31. The first-order valence-corrected chi connectivity index (χ1v) is 7.34. The lowest BCUT2D eigenvalue weighted by Gasteiger charge is -2.27. The maximum atomic E-state index is 5.36. The summed E-state index contributed by atoms with van der Waals surface area (Å²) in [6.45, 7) is 3.16. The number of benzene rings is 1. The molecule has 1 aromatic rings. The van der Waals surface area contributed by atoms with Crippen LogP contribution in [0.3, 0.4) is 0 Å². The van der Waals surface area contributed by atoms with E-state index >= 15 is 0 Å². The predicted octanol–water partition coefficient (Wildman–Crippen LogP) is 3.33. The van der Waals surface area contributed by atoms with Crippen molar-refractivity contribution in [1.29, 1.82) is 0 Å². The van der Waals surface area contributed by atoms with Crippen molar-refractivity contribution in [1.82, 2.24) is 10.6 Å². The van der Waals surface area contributed by atoms with E-state index in [0.717, 1.165) is 11.7 Å². The van der Waals surface area contributed by atoms with Gasteiger partial charge in [0.1, 0.15) is 0 Å². The van der Waals surface area contributed by atoms with E-state index in [-0.39, 0.29) is 0 Å². The van der Waals surface area contributed by atoms with Crippen molar-refractivity contribution in [3.8, 4) is 0 Å². The molecule has 1 atom stereocenters. The summed E-state index contributed by atoms with van der Waals surface area (Å²) in [4.78, 5) is 0. The Bertz CT molecular complexity index is 403. The summed E-state index contributed by atoms with van der Waals surface area (Å²) in [5.41, 5.74) is 2.89. The molecular formula is C15H22N2S. The first-order chi connectivity index (χ1) is 8.81. The number of hydrogen-bond acceptors (Lipinski definition) is 1. The van der Waals surface area contributed by atoms with Crippen molar-refractivity contribution in [2.75, 3.05) is 6.54 Å². The lowest BCUT2D eigenvalue weighted by molar-refractivity contribution is 0.523. The smallest absolute Gasteiger partial charge is 0.166 e. The Balaban J connectivity index is 1.92. The second-order valence-electron chi connectivity index (χ2n) is 4.90. The molecule has 3 heteroatoms. The van der Waals surface area contributed by atoms with Gasteiger partial charge in [-0.3, -0.25) is 0 Å². The van der Waals surface area contributed by atoms with E-state index < -0.39 is 0 Å². The number of aryl methyl sites for hydroxylation is 1. The quantitative estimate of drug-likeness (QED) is 0.643. The number of thiocarbonyl (C=S) groups is 1. The van der Waals surface area contributed by atoms with Gasteiger partial charge in [-0.25, -0.2) is 0 Å². The molecule has 18 heavy (non-hydrogen) atoms. The maximum absolute atomic E-state index is 5.36. The maximum Gasteiger partial charge on any atom is 0.166 e. The number of unbranched alkanes of at least 4 members (excludes halogenated alkanes) is 1. The van der Waals surface area contributed by atoms with Gasteiger partial charge in [0.05, 0.1) is 6.04 Å². The molecule has 1 aromatic carbocycles. The minimum Gasteiger partial charge on any atom is -0.363 e. The molecule has 2 rings (SSSR count). The summed E-state index contributed by atoms with van der Waals surface area (Å²) in [7, 11) is 0. The molecule has 0 heterocycles. The van der Waals surface area contributed by atoms with Crippen molar-refractivity contribution in [2.45, 2.75) is 45.1 Å². The van der Waals surface area contributed by atoms with Crippen LogP contribution in [0.15, 0.2) is 24.3 Å². The average molecular weight is 262 g/mol. The van der Waals surface area contributed by atoms with Gasteiger partial charge in [-0.15, -0.1) is 0 Å². The van der Waals surface area contributed by atoms with Gasteiger partial charge >= 0.3 is 0 Å². The lowest BCUT2D eigenvalue weighted by atomic mass is 9.88. The van der Waals surface area contributed by atoms with Crippen LogP contribution < -0.4 is 10.6 Å². The second kappa shape index (κ2) is 6.74. The normalized spacial score (nSPS) is 17.9. The van der Waals surface area contributed by atoms with Gasteiger partial charge in [-0.05, 0) is 49.0 Å². The average Bonchev–Trinajstić information content (AvgIpc) is 2.39. The molecule has 0 bridgehead atoms. The van der Waals surface area contributed by atoms with Gasteiger partial charge in [0.25, 0.3) is 0 Å². The Morgan fingerprint density at radius 3 is 3.06 bits per heavy atom. The molecule has 2 N–H and O–H groups in total. The van der Waals surface area contributed by atoms with E-state index in [2.05, 4.69) is 41.8 Å². The number of fused-ring (bicyclic) bond motifs is 1. The van der Waals surface area contributed by atoms with Crippen LogP contribution in [-0.4, -0.2) is 11.7 Å². The van der Waals surface area contributed by atoms with Crippen molar-refractivity contribution >= 4 is 17.3 Å². The van der Waals surface area contributed by atoms with Crippen LogP contribution in [0.5, 0.6) is 0 Å². The zero-order valence-corrected chi connectivity index (χ0v) is 11.9. The van der Waals surface area contributed by atoms with Crippen LogP contribution in [0, 0.1) is 0 Å². The minimum atomic E-state index is 0.386. The summed E-state index contributed by atoms with van der Waals surface area (Å²) in [6, 6.07) is 9.08. The standard InChI is InChI=1S/C15H22N2S/c1-2-3-11-16-15(18)17-14-10-6-8-12-7-4-5-9-13(12)14/h4-5,7,9,14H,2-3,6,8,10-11H2,1H3,(H2,16,17,18)/t14-/m0/s1. The highest BCUT2D eigenvalue weighted by atomic mass is 32.1. The summed E-state index contributed by atoms with van der Waals surface area (Å²) in [6.07, 6.45) is 5.98. The summed E-state index contributed by atoms with van der Waals surface area (Å²) < 4.78 is 0. The Kier molecular flexibility index (Phi) is 5.00. The van der Waals surface area contributed by atoms with Gasteiger partial charge in [0.2, 0.25) is 0 Å². The van der Waals surface area contributed by atoms with E-state index in [1.807, 2.05) is 0 Å². The van der Waals surface area contributed by atoms with Crippen molar-refractivity contribution in [3.63, 3.8) is 0 Å². The van der Waals surface area contributed by atoms with Crippen molar-refractivity contribution in [2.24, 2.45) is 0 Å². The molecule has 1 aliphatic rings. The van der Waals surface area contributed by atoms with Crippen LogP contribution in [0.1, 0.15) is 49.8 Å². The highest BCUT2D eigenvalue weighted by molar-refractivity contribution is 7.80. The molecule has 0 spiro atoms. The van der Waals surface area contributed by atoms with Gasteiger partial charge in [0.15, 0.2) is 5.11 Å². The molecular weight excluding hydrogens is 240 g/mol. The SMILES string of the molecule is CCCCNC(=S)N[C@H]1CCCc2ccccc21. The molecule has 0 fully saturated rings. The first-order valence-electron chi connectivity index (χ1n) is 6.93. The van der Waals surface area contributed by atoms with Crippen molar-refractivity contribution in [3.05, 3.63) is 35.4 Å². The fourth-order valence-corrected chi connectivity index (χ4v) is 2.74. The zero-order chi connectivity index (χ0) is 12.8. The summed E-state index contributed by atoms with van der Waals surface area (Å²) in [5, 5.41) is 7.53. The highest BCUT2D eigenvalue weighted by Gasteiger charge is 2.19. The van der Waals surface area contributed by atoms with Crippen LogP contribution in [-0.2, 0) is 6.42 Å². The van der Waals surface area contributed by atoms with Gasteiger partial charge in [0, 0.05) is 6.54 Å². The third-order valence-electron chi connectivity index (χ3n) is 3.49. The molecule has 0 radical (unpaired) electrons. The summed E-state index contributed by atoms with van der Waals surface area (Å²) >= 11 is 5.36. The zero-order valence-electron chi connectivity index (χ0n) is 11.0. The van der Waals surface area contributed by atoms with E-state index in [4.69, 9.17) is 12.2 Å². The number of rotatable bonds is 4. The third kappa shape index (κ3) is 3.45. The lowest BCUT2D eigenvalue weighted by Crippen LogP contribution is -2.39. The molecule has 0 aromatic heterocycles. The topological polar surface area (TPSA) is 24.1 Å². The number of nitrogens with one attached hydrogen (secondary N) is 2. The van der Waals surface area contributed by atoms with Crippen LogP contribution >= 0.6 is 12.2 Å². The van der Waals surface area contributed by atoms with Crippen LogP contribution in [0.2, 0.25) is 0 Å². The van der Waals surface area contributed by atoms with E-state index in [1.165, 1.54) is 43.2 Å². The first kappa shape index (κ1) is 13.3. The fraction of sp³-hybridized carbons (Fsp3) is 0.533. The van der Waals surface area contributed by atoms with Gasteiger partial charge < -0.3 is 10.6 Å². The number of hydrogen-bond donors (Lipinski definition) is 2. The van der Waals surface area contributed by atoms with Gasteiger partial charge in [-0.1, -0.05) is 37.6 Å². The molecule has 2 nitrogen and oxygen atoms in total. The predicted molar refractivity (Wildman–Crippen MR) is 80.8 cm³/mol. The third-order valence-corrected chi connectivity index (χ3v) is 3.75. The fourth-order valence-electron chi connectivity index (χ4n) is 2.49. The largest absolute Gasteiger partial charge is 0.363 e. The molecule has 1 aliphatic carbocycles. The van der Waals surface area contributed by atoms with Gasteiger partial charge in [-0.2, -0.15) is 0 Å². The Labute approximate surface area is 115 Å². The van der Waals surface area contributed by atoms with Crippen LogP contribution in [0.25, 0.3) is 0 Å². The van der Waals surface area contributed by atoms with E-state index in [1.54, 1.807) is 0 Å². The molecule has 0 unspecified atom stereocenters. The van der Waals surface area contributed by atoms with E-state index in [0.29, 0.717) is 6.04 Å². The molecule has 0 saturated heterocycles. The Morgan fingerprint density at radius 2 is 2.22 bits per heavy atom. The highest BCUT2D eigenvalue weighted by Crippen LogP contribution is 2.29. The monoisotopic (exact) mass is 262 g/mol. The summed E-state index contributed by atoms with van der Waals surface area (Å²) in [5.74, 6) is 0. The Hall–Kier alpha value is -1.09. The minimum absolute atomic E-state index is 0.386. The molecule has 0 aliphatic heterocycles. The molecule has 0 saturated carbocycles. The van der Waals surface area contributed by atoms with Crippen LogP contribution in [0.4, 0.5) is 0 Å². The molecule has 98 valence electrons. The Morgan fingerprint density at radius 1 is 1.39 bits per heavy atom. The molecule has 0 amide bonds. The van der Waals surface area contributed by atoms with E-state index in [9.17, 15) is 0 Å².